The number of phenols is 1. The molecule has 1 atom stereocenters. The van der Waals surface area contributed by atoms with E-state index in [9.17, 15) is 9.90 Å². The van der Waals surface area contributed by atoms with Crippen molar-refractivity contribution >= 4 is 19.2 Å². The van der Waals surface area contributed by atoms with Crippen molar-refractivity contribution in [3.63, 3.8) is 0 Å². The molecule has 9 rings (SSSR count). The van der Waals surface area contributed by atoms with Crippen molar-refractivity contribution in [2.75, 3.05) is 0 Å². The molecule has 4 aliphatic rings. The minimum Gasteiger partial charge on any atom is -0.516 e. The third kappa shape index (κ3) is 7.64. The molecule has 2 aliphatic carbocycles. The number of esters is 1. The first kappa shape index (κ1) is 39.3. The van der Waals surface area contributed by atoms with Gasteiger partial charge in [0.05, 0.1) is 11.7 Å². The number of carbonyl (C=O) groups is 1. The van der Waals surface area contributed by atoms with E-state index in [0.717, 1.165) is 28.2 Å². The molecule has 7 heteroatoms. The van der Waals surface area contributed by atoms with Crippen LogP contribution in [0.25, 0.3) is 11.1 Å². The fourth-order valence-electron chi connectivity index (χ4n) is 9.22. The molecular formula is C48H50O5PPd+. The number of ether oxygens (including phenoxy) is 3. The van der Waals surface area contributed by atoms with Crippen LogP contribution in [0.2, 0.25) is 0 Å². The SMILES string of the molecule is Cc1cccc(OC(C)C)c1-c1ccccc1P(C1CCCCC1)C1CCCCC1.O=C1OC2(c3cc[c-]cc3Oc3cc(O)ccc32)c2ccccc21.[Pd+2]. The van der Waals surface area contributed by atoms with Crippen LogP contribution in [-0.4, -0.2) is 28.5 Å². The maximum absolute atomic E-state index is 12.5. The van der Waals surface area contributed by atoms with E-state index in [-0.39, 0.29) is 46.2 Å². The summed E-state index contributed by atoms with van der Waals surface area (Å²) in [6.45, 7) is 6.52. The van der Waals surface area contributed by atoms with Gasteiger partial charge in [0.25, 0.3) is 0 Å². The van der Waals surface area contributed by atoms with Crippen LogP contribution in [-0.2, 0) is 30.8 Å². The Labute approximate surface area is 341 Å². The molecule has 0 bridgehead atoms. The molecule has 5 nitrogen and oxygen atoms in total. The van der Waals surface area contributed by atoms with Gasteiger partial charge in [0.15, 0.2) is 5.60 Å². The molecule has 5 aromatic rings. The summed E-state index contributed by atoms with van der Waals surface area (Å²) in [4.78, 5) is 12.5. The van der Waals surface area contributed by atoms with Gasteiger partial charge in [-0.05, 0) is 98.5 Å². The molecule has 2 saturated carbocycles. The minimum atomic E-state index is -1.07. The molecule has 55 heavy (non-hydrogen) atoms. The number of carbonyl (C=O) groups excluding carboxylic acids is 1. The Bertz CT molecular complexity index is 2120. The Morgan fingerprint density at radius 3 is 2.13 bits per heavy atom. The van der Waals surface area contributed by atoms with Crippen LogP contribution in [0.1, 0.15) is 111 Å². The number of hydrogen-bond acceptors (Lipinski definition) is 5. The molecular weight excluding hydrogens is 794 g/mol. The Morgan fingerprint density at radius 1 is 0.764 bits per heavy atom. The smallest absolute Gasteiger partial charge is 0.516 e. The number of rotatable bonds is 6. The van der Waals surface area contributed by atoms with Gasteiger partial charge in [-0.3, -0.25) is 0 Å². The first-order valence-corrected chi connectivity index (χ1v) is 21.3. The number of hydrogen-bond donors (Lipinski definition) is 1. The van der Waals surface area contributed by atoms with Crippen LogP contribution in [0.4, 0.5) is 0 Å². The predicted octanol–water partition coefficient (Wildman–Crippen LogP) is 12.0. The van der Waals surface area contributed by atoms with Gasteiger partial charge in [-0.15, -0.1) is 6.07 Å². The fraction of sp³-hybridized carbons (Fsp3) is 0.354. The van der Waals surface area contributed by atoms with Gasteiger partial charge in [-0.2, -0.15) is 18.2 Å². The standard InChI is InChI=1S/C28H39OP.C20H11O4.Pd/c1-21(2)29-26-19-12-13-22(3)28(26)25-18-10-11-20-27(25)30(23-14-6-4-7-15-23)24-16-8-5-9-17-24;21-12-9-10-16-18(11-12)23-17-8-4-3-7-15(17)20(16)14-6-2-1-5-13(14)19(22)24-20;/h10-13,18-21,23-24H,4-9,14-17H2,1-3H3;1-3,5-11,21H;/q;-1;+2. The van der Waals surface area contributed by atoms with E-state index in [1.54, 1.807) is 35.6 Å². The third-order valence-corrected chi connectivity index (χ3v) is 15.1. The average Bonchev–Trinajstić information content (AvgIpc) is 3.48. The Kier molecular flexibility index (Phi) is 12.2. The van der Waals surface area contributed by atoms with Gasteiger partial charge in [0, 0.05) is 28.5 Å². The van der Waals surface area contributed by atoms with E-state index in [1.807, 2.05) is 24.3 Å². The monoisotopic (exact) mass is 843 g/mol. The van der Waals surface area contributed by atoms with Gasteiger partial charge in [0.2, 0.25) is 0 Å². The van der Waals surface area contributed by atoms with Crippen molar-refractivity contribution in [1.82, 2.24) is 0 Å². The molecule has 2 fully saturated rings. The molecule has 0 aromatic heterocycles. The Morgan fingerprint density at radius 2 is 1.42 bits per heavy atom. The molecule has 2 aliphatic heterocycles. The van der Waals surface area contributed by atoms with Crippen LogP contribution < -0.4 is 14.8 Å². The summed E-state index contributed by atoms with van der Waals surface area (Å²) in [5.41, 5.74) is 7.63. The van der Waals surface area contributed by atoms with Gasteiger partial charge in [-0.1, -0.05) is 107 Å². The quantitative estimate of drug-likeness (QED) is 0.0798. The van der Waals surface area contributed by atoms with Gasteiger partial charge in [0.1, 0.15) is 17.2 Å². The van der Waals surface area contributed by atoms with E-state index in [0.29, 0.717) is 22.6 Å². The van der Waals surface area contributed by atoms with E-state index in [4.69, 9.17) is 14.2 Å². The zero-order chi connectivity index (χ0) is 37.2. The summed E-state index contributed by atoms with van der Waals surface area (Å²) in [6.07, 6.45) is 14.6. The van der Waals surface area contributed by atoms with Crippen molar-refractivity contribution in [3.8, 4) is 34.1 Å². The van der Waals surface area contributed by atoms with Crippen molar-refractivity contribution in [1.29, 1.82) is 0 Å². The molecule has 5 aromatic carbocycles. The van der Waals surface area contributed by atoms with Gasteiger partial charge >= 0.3 is 26.4 Å². The second-order valence-corrected chi connectivity index (χ2v) is 18.2. The topological polar surface area (TPSA) is 65.0 Å². The predicted molar refractivity (Wildman–Crippen MR) is 218 cm³/mol. The Hall–Kier alpha value is -3.94. The van der Waals surface area contributed by atoms with Gasteiger partial charge in [-0.25, -0.2) is 4.79 Å². The molecule has 2 heterocycles. The van der Waals surface area contributed by atoms with E-state index in [2.05, 4.69) is 69.3 Å². The van der Waals surface area contributed by atoms with Crippen LogP contribution >= 0.6 is 7.92 Å². The van der Waals surface area contributed by atoms with Gasteiger partial charge < -0.3 is 19.3 Å². The number of aromatic hydroxyl groups is 1. The number of benzene rings is 5. The fourth-order valence-corrected chi connectivity index (χ4v) is 13.2. The van der Waals surface area contributed by atoms with E-state index >= 15 is 0 Å². The first-order valence-electron chi connectivity index (χ1n) is 19.8. The van der Waals surface area contributed by atoms with Crippen molar-refractivity contribution in [2.45, 2.75) is 108 Å². The summed E-state index contributed by atoms with van der Waals surface area (Å²) in [6, 6.07) is 36.4. The van der Waals surface area contributed by atoms with Crippen molar-refractivity contribution in [3.05, 3.63) is 137 Å². The molecule has 0 radical (unpaired) electrons. The van der Waals surface area contributed by atoms with E-state index in [1.165, 1.54) is 87.0 Å². The summed E-state index contributed by atoms with van der Waals surface area (Å²) < 4.78 is 18.2. The summed E-state index contributed by atoms with van der Waals surface area (Å²) >= 11 is 0. The van der Waals surface area contributed by atoms with Crippen molar-refractivity contribution in [2.24, 2.45) is 0 Å². The number of fused-ring (bicyclic) bond motifs is 6. The molecule has 286 valence electrons. The Balaban J connectivity index is 0.000000170. The molecule has 1 spiro atoms. The maximum atomic E-state index is 12.5. The molecule has 0 amide bonds. The van der Waals surface area contributed by atoms with Crippen molar-refractivity contribution < 1.29 is 44.5 Å². The van der Waals surface area contributed by atoms with Crippen LogP contribution in [0.5, 0.6) is 23.0 Å². The summed E-state index contributed by atoms with van der Waals surface area (Å²) in [7, 11) is -0.137. The maximum Gasteiger partial charge on any atom is 2.00 e. The van der Waals surface area contributed by atoms with E-state index < -0.39 is 5.60 Å². The van der Waals surface area contributed by atoms with Crippen LogP contribution in [0.15, 0.2) is 103 Å². The third-order valence-electron chi connectivity index (χ3n) is 11.5. The zero-order valence-corrected chi connectivity index (χ0v) is 34.4. The average molecular weight is 844 g/mol. The first-order chi connectivity index (χ1) is 26.3. The zero-order valence-electron chi connectivity index (χ0n) is 32.0. The molecule has 1 N–H and O–H groups in total. The number of aryl methyl sites for hydroxylation is 1. The molecule has 1 unspecified atom stereocenters. The largest absolute Gasteiger partial charge is 2.00 e. The second-order valence-electron chi connectivity index (χ2n) is 15.4. The number of phenolic OH excluding ortho intramolecular Hbond substituents is 1. The second kappa shape index (κ2) is 17.1. The van der Waals surface area contributed by atoms with Crippen LogP contribution in [0, 0.1) is 13.0 Å². The van der Waals surface area contributed by atoms with Crippen LogP contribution in [0.3, 0.4) is 0 Å². The normalized spacial score (nSPS) is 19.0. The minimum absolute atomic E-state index is 0. The summed E-state index contributed by atoms with van der Waals surface area (Å²) in [5.74, 6) is 1.79. The molecule has 0 saturated heterocycles. The summed E-state index contributed by atoms with van der Waals surface area (Å²) in [5, 5.41) is 11.5.